The highest BCUT2D eigenvalue weighted by Crippen LogP contribution is 2.38. The summed E-state index contributed by atoms with van der Waals surface area (Å²) in [4.78, 5) is 35.0. The fourth-order valence-corrected chi connectivity index (χ4v) is 2.66. The van der Waals surface area contributed by atoms with Gasteiger partial charge in [0.2, 0.25) is 0 Å². The van der Waals surface area contributed by atoms with Crippen LogP contribution < -0.4 is 14.8 Å². The monoisotopic (exact) mass is 400 g/mol. The Morgan fingerprint density at radius 2 is 1.93 bits per heavy atom. The lowest BCUT2D eigenvalue weighted by Gasteiger charge is -2.14. The van der Waals surface area contributed by atoms with E-state index < -0.39 is 17.0 Å². The van der Waals surface area contributed by atoms with Crippen molar-refractivity contribution in [1.29, 1.82) is 0 Å². The Hall–Kier alpha value is -4.08. The van der Waals surface area contributed by atoms with E-state index in [0.29, 0.717) is 16.7 Å². The molecule has 0 atom stereocenters. The zero-order valence-electron chi connectivity index (χ0n) is 15.5. The summed E-state index contributed by atoms with van der Waals surface area (Å²) in [7, 11) is 1.36. The van der Waals surface area contributed by atoms with E-state index in [1.165, 1.54) is 43.7 Å². The van der Waals surface area contributed by atoms with Crippen LogP contribution in [-0.4, -0.2) is 30.7 Å². The second kappa shape index (κ2) is 8.30. The number of benzene rings is 2. The van der Waals surface area contributed by atoms with Crippen LogP contribution in [0.1, 0.15) is 17.3 Å². The number of ether oxygens (including phenoxy) is 3. The normalized spacial score (nSPS) is 10.4. The zero-order chi connectivity index (χ0) is 21.0. The van der Waals surface area contributed by atoms with Gasteiger partial charge in [-0.1, -0.05) is 0 Å². The summed E-state index contributed by atoms with van der Waals surface area (Å²) < 4.78 is 20.6. The summed E-state index contributed by atoms with van der Waals surface area (Å²) >= 11 is 0. The average molecular weight is 400 g/mol. The third-order valence-electron chi connectivity index (χ3n) is 3.90. The van der Waals surface area contributed by atoms with Gasteiger partial charge in [-0.15, -0.1) is 0 Å². The number of nitrogens with one attached hydrogen (secondary N) is 1. The molecule has 0 saturated heterocycles. The van der Waals surface area contributed by atoms with E-state index in [-0.39, 0.29) is 29.4 Å². The molecule has 0 spiro atoms. The van der Waals surface area contributed by atoms with Gasteiger partial charge in [-0.3, -0.25) is 14.9 Å². The molecule has 0 unspecified atom stereocenters. The molecule has 0 saturated carbocycles. The number of amides is 1. The predicted octanol–water partition coefficient (Wildman–Crippen LogP) is 4.14. The number of rotatable bonds is 6. The number of anilines is 1. The highest BCUT2D eigenvalue weighted by molar-refractivity contribution is 6.12. The minimum Gasteiger partial charge on any atom is -0.495 e. The Labute approximate surface area is 164 Å². The van der Waals surface area contributed by atoms with Gasteiger partial charge >= 0.3 is 6.16 Å². The number of furan rings is 1. The van der Waals surface area contributed by atoms with Crippen molar-refractivity contribution in [3.63, 3.8) is 0 Å². The number of non-ortho nitro benzene ring substituents is 1. The molecule has 0 aliphatic heterocycles. The van der Waals surface area contributed by atoms with E-state index in [2.05, 4.69) is 5.32 Å². The van der Waals surface area contributed by atoms with Gasteiger partial charge in [0.25, 0.3) is 11.6 Å². The molecular weight excluding hydrogens is 384 g/mol. The van der Waals surface area contributed by atoms with Crippen molar-refractivity contribution in [3.8, 4) is 11.5 Å². The molecule has 0 aliphatic rings. The largest absolute Gasteiger partial charge is 0.513 e. The summed E-state index contributed by atoms with van der Waals surface area (Å²) in [6.07, 6.45) is 0.407. The minimum absolute atomic E-state index is 0.0622. The van der Waals surface area contributed by atoms with E-state index in [1.54, 1.807) is 13.0 Å². The Morgan fingerprint density at radius 3 is 2.55 bits per heavy atom. The average Bonchev–Trinajstić information content (AvgIpc) is 3.15. The van der Waals surface area contributed by atoms with Crippen LogP contribution in [0.5, 0.6) is 11.5 Å². The zero-order valence-corrected chi connectivity index (χ0v) is 15.5. The number of fused-ring (bicyclic) bond motifs is 1. The molecule has 0 aliphatic carbocycles. The van der Waals surface area contributed by atoms with Crippen molar-refractivity contribution < 1.29 is 33.1 Å². The molecule has 1 N–H and O–H groups in total. The van der Waals surface area contributed by atoms with Crippen LogP contribution in [0.15, 0.2) is 47.1 Å². The lowest BCUT2D eigenvalue weighted by atomic mass is 10.1. The molecule has 2 aromatic carbocycles. The van der Waals surface area contributed by atoms with Crippen molar-refractivity contribution in [2.24, 2.45) is 0 Å². The summed E-state index contributed by atoms with van der Waals surface area (Å²) in [6.45, 7) is 1.70. The Kier molecular flexibility index (Phi) is 5.63. The third-order valence-corrected chi connectivity index (χ3v) is 3.90. The highest BCUT2D eigenvalue weighted by atomic mass is 16.7. The molecule has 10 nitrogen and oxygen atoms in total. The molecule has 0 bridgehead atoms. The molecule has 0 radical (unpaired) electrons. The van der Waals surface area contributed by atoms with Gasteiger partial charge in [-0.25, -0.2) is 4.79 Å². The number of carbonyl (C=O) groups is 2. The van der Waals surface area contributed by atoms with Crippen molar-refractivity contribution in [3.05, 3.63) is 58.3 Å². The van der Waals surface area contributed by atoms with Crippen LogP contribution in [0.3, 0.4) is 0 Å². The van der Waals surface area contributed by atoms with Crippen molar-refractivity contribution in [2.75, 3.05) is 19.0 Å². The van der Waals surface area contributed by atoms with Crippen LogP contribution in [0, 0.1) is 10.1 Å². The summed E-state index contributed by atoms with van der Waals surface area (Å²) in [6, 6.07) is 8.24. The second-order valence-corrected chi connectivity index (χ2v) is 5.66. The second-order valence-electron chi connectivity index (χ2n) is 5.66. The van der Waals surface area contributed by atoms with Gasteiger partial charge in [0.15, 0.2) is 5.75 Å². The van der Waals surface area contributed by atoms with Gasteiger partial charge in [-0.05, 0) is 25.1 Å². The minimum atomic E-state index is -0.996. The molecule has 10 heteroatoms. The van der Waals surface area contributed by atoms with Crippen molar-refractivity contribution in [2.45, 2.75) is 6.92 Å². The number of nitrogens with zero attached hydrogens (tertiary/aromatic N) is 1. The summed E-state index contributed by atoms with van der Waals surface area (Å²) in [5, 5.41) is 13.9. The van der Waals surface area contributed by atoms with Gasteiger partial charge < -0.3 is 23.9 Å². The molecule has 1 heterocycles. The maximum absolute atomic E-state index is 13.0. The Bertz CT molecular complexity index is 1070. The molecule has 1 aromatic heterocycles. The van der Waals surface area contributed by atoms with E-state index in [0.717, 1.165) is 0 Å². The topological polar surface area (TPSA) is 130 Å². The fraction of sp³-hybridized carbons (Fsp3) is 0.158. The van der Waals surface area contributed by atoms with Crippen LogP contribution in [0.4, 0.5) is 16.2 Å². The number of carbonyl (C=O) groups excluding carboxylic acids is 2. The maximum atomic E-state index is 13.0. The van der Waals surface area contributed by atoms with E-state index in [4.69, 9.17) is 18.6 Å². The van der Waals surface area contributed by atoms with E-state index >= 15 is 0 Å². The molecular formula is C19H16N2O8. The summed E-state index contributed by atoms with van der Waals surface area (Å²) in [5.74, 6) is -0.643. The first kappa shape index (κ1) is 19.7. The van der Waals surface area contributed by atoms with Crippen molar-refractivity contribution in [1.82, 2.24) is 0 Å². The molecule has 3 rings (SSSR count). The Balaban J connectivity index is 2.01. The van der Waals surface area contributed by atoms with E-state index in [1.807, 2.05) is 0 Å². The number of hydrogen-bond acceptors (Lipinski definition) is 8. The fourth-order valence-electron chi connectivity index (χ4n) is 2.66. The van der Waals surface area contributed by atoms with Gasteiger partial charge in [0.1, 0.15) is 16.9 Å². The SMILES string of the molecule is CCOC(=O)Oc1cc2occc2c(OC)c1C(=O)Nc1ccc([N+](=O)[O-])cc1. The van der Waals surface area contributed by atoms with Gasteiger partial charge in [0, 0.05) is 23.9 Å². The lowest BCUT2D eigenvalue weighted by Crippen LogP contribution is -2.18. The predicted molar refractivity (Wildman–Crippen MR) is 101 cm³/mol. The number of methoxy groups -OCH3 is 1. The quantitative estimate of drug-likeness (QED) is 0.283. The molecule has 29 heavy (non-hydrogen) atoms. The molecule has 3 aromatic rings. The number of nitro groups is 1. The standard InChI is InChI=1S/C19H16N2O8/c1-3-27-19(23)29-15-10-14-13(8-9-28-14)17(26-2)16(15)18(22)20-11-4-6-12(7-5-11)21(24)25/h4-10H,3H2,1-2H3,(H,20,22). The van der Waals surface area contributed by atoms with E-state index in [9.17, 15) is 19.7 Å². The van der Waals surface area contributed by atoms with Crippen molar-refractivity contribution >= 4 is 34.4 Å². The molecule has 0 fully saturated rings. The molecule has 1 amide bonds. The lowest BCUT2D eigenvalue weighted by molar-refractivity contribution is -0.384. The van der Waals surface area contributed by atoms with Gasteiger partial charge in [-0.2, -0.15) is 0 Å². The smallest absolute Gasteiger partial charge is 0.495 e. The first-order chi connectivity index (χ1) is 13.9. The first-order valence-corrected chi connectivity index (χ1v) is 8.43. The summed E-state index contributed by atoms with van der Waals surface area (Å²) in [5.41, 5.74) is 0.463. The number of hydrogen-bond donors (Lipinski definition) is 1. The van der Waals surface area contributed by atoms with Crippen LogP contribution in [0.25, 0.3) is 11.0 Å². The first-order valence-electron chi connectivity index (χ1n) is 8.43. The maximum Gasteiger partial charge on any atom is 0.513 e. The van der Waals surface area contributed by atoms with Gasteiger partial charge in [0.05, 0.1) is 30.3 Å². The molecule has 150 valence electrons. The number of nitro benzene ring substituents is 1. The van der Waals surface area contributed by atoms with Crippen LogP contribution >= 0.6 is 0 Å². The Morgan fingerprint density at radius 1 is 1.21 bits per heavy atom. The van der Waals surface area contributed by atoms with Crippen LogP contribution in [-0.2, 0) is 4.74 Å². The van der Waals surface area contributed by atoms with Crippen LogP contribution in [0.2, 0.25) is 0 Å². The highest BCUT2D eigenvalue weighted by Gasteiger charge is 2.25. The third kappa shape index (κ3) is 4.10.